The summed E-state index contributed by atoms with van der Waals surface area (Å²) in [5.41, 5.74) is 1.34. The van der Waals surface area contributed by atoms with Gasteiger partial charge in [-0.05, 0) is 60.4 Å². The first-order valence-electron chi connectivity index (χ1n) is 6.36. The van der Waals surface area contributed by atoms with Gasteiger partial charge < -0.3 is 9.64 Å². The van der Waals surface area contributed by atoms with Crippen LogP contribution in [0.3, 0.4) is 0 Å². The van der Waals surface area contributed by atoms with Crippen LogP contribution in [0.1, 0.15) is 32.6 Å². The molecule has 0 saturated carbocycles. The second-order valence-corrected chi connectivity index (χ2v) is 5.73. The lowest BCUT2D eigenvalue weighted by Crippen LogP contribution is -2.39. The van der Waals surface area contributed by atoms with Crippen molar-refractivity contribution in [1.29, 1.82) is 0 Å². The van der Waals surface area contributed by atoms with Gasteiger partial charge in [0.1, 0.15) is 5.75 Å². The van der Waals surface area contributed by atoms with E-state index >= 15 is 0 Å². The van der Waals surface area contributed by atoms with E-state index in [1.165, 1.54) is 41.5 Å². The van der Waals surface area contributed by atoms with Gasteiger partial charge in [-0.2, -0.15) is 0 Å². The molecule has 94 valence electrons. The van der Waals surface area contributed by atoms with Crippen LogP contribution in [0.4, 0.5) is 5.69 Å². The van der Waals surface area contributed by atoms with Crippen molar-refractivity contribution >= 4 is 28.3 Å². The predicted octanol–water partition coefficient (Wildman–Crippen LogP) is 4.07. The van der Waals surface area contributed by atoms with Crippen molar-refractivity contribution in [3.05, 3.63) is 21.8 Å². The van der Waals surface area contributed by atoms with Gasteiger partial charge in [-0.25, -0.2) is 0 Å². The highest BCUT2D eigenvalue weighted by Crippen LogP contribution is 2.32. The van der Waals surface area contributed by atoms with Gasteiger partial charge in [-0.15, -0.1) is 0 Å². The lowest BCUT2D eigenvalue weighted by Gasteiger charge is -2.37. The van der Waals surface area contributed by atoms with Crippen LogP contribution in [0.25, 0.3) is 0 Å². The first kappa shape index (κ1) is 13.0. The topological polar surface area (TPSA) is 12.5 Å². The maximum Gasteiger partial charge on any atom is 0.121 e. The summed E-state index contributed by atoms with van der Waals surface area (Å²) in [4.78, 5) is 2.56. The van der Waals surface area contributed by atoms with Crippen molar-refractivity contribution < 1.29 is 4.74 Å². The van der Waals surface area contributed by atoms with Gasteiger partial charge in [0.15, 0.2) is 0 Å². The number of methoxy groups -OCH3 is 1. The number of ether oxygens (including phenoxy) is 1. The molecular formula is C14H20INO. The monoisotopic (exact) mass is 345 g/mol. The molecule has 2 rings (SSSR count). The van der Waals surface area contributed by atoms with Crippen molar-refractivity contribution in [1.82, 2.24) is 0 Å². The van der Waals surface area contributed by atoms with E-state index in [2.05, 4.69) is 46.5 Å². The Balaban J connectivity index is 2.30. The molecule has 0 spiro atoms. The number of piperidine rings is 1. The van der Waals surface area contributed by atoms with Crippen LogP contribution < -0.4 is 9.64 Å². The van der Waals surface area contributed by atoms with Crippen LogP contribution in [0.5, 0.6) is 5.75 Å². The largest absolute Gasteiger partial charge is 0.497 e. The normalized spacial score (nSPS) is 20.4. The average molecular weight is 345 g/mol. The summed E-state index contributed by atoms with van der Waals surface area (Å²) in [6.45, 7) is 3.47. The minimum Gasteiger partial charge on any atom is -0.497 e. The maximum atomic E-state index is 5.34. The summed E-state index contributed by atoms with van der Waals surface area (Å²) in [5, 5.41) is 0. The predicted molar refractivity (Wildman–Crippen MR) is 81.0 cm³/mol. The SMILES string of the molecule is CCC1CCCCN1c1cc(OC)ccc1I. The highest BCUT2D eigenvalue weighted by Gasteiger charge is 2.22. The molecule has 0 bridgehead atoms. The molecule has 0 aliphatic carbocycles. The summed E-state index contributed by atoms with van der Waals surface area (Å²) in [5.74, 6) is 0.959. The van der Waals surface area contributed by atoms with E-state index in [9.17, 15) is 0 Å². The minimum atomic E-state index is 0.698. The summed E-state index contributed by atoms with van der Waals surface area (Å²) >= 11 is 2.42. The lowest BCUT2D eigenvalue weighted by molar-refractivity contribution is 0.413. The number of rotatable bonds is 3. The van der Waals surface area contributed by atoms with Gasteiger partial charge in [0.2, 0.25) is 0 Å². The van der Waals surface area contributed by atoms with Gasteiger partial charge in [-0.1, -0.05) is 6.92 Å². The molecule has 0 N–H and O–H groups in total. The van der Waals surface area contributed by atoms with Crippen LogP contribution >= 0.6 is 22.6 Å². The Morgan fingerprint density at radius 2 is 2.24 bits per heavy atom. The standard InChI is InChI=1S/C14H20INO/c1-3-11-6-4-5-9-16(11)14-10-12(17-2)7-8-13(14)15/h7-8,10-11H,3-6,9H2,1-2H3. The molecule has 1 aromatic rings. The molecular weight excluding hydrogens is 325 g/mol. The van der Waals surface area contributed by atoms with Crippen LogP contribution in [0.2, 0.25) is 0 Å². The van der Waals surface area contributed by atoms with Crippen LogP contribution in [0, 0.1) is 3.57 Å². The molecule has 1 heterocycles. The zero-order valence-corrected chi connectivity index (χ0v) is 12.7. The number of benzene rings is 1. The van der Waals surface area contributed by atoms with Crippen LogP contribution in [-0.4, -0.2) is 19.7 Å². The number of hydrogen-bond acceptors (Lipinski definition) is 2. The Labute approximate surface area is 117 Å². The fraction of sp³-hybridized carbons (Fsp3) is 0.571. The summed E-state index contributed by atoms with van der Waals surface area (Å²) in [6, 6.07) is 7.06. The van der Waals surface area contributed by atoms with Gasteiger partial charge >= 0.3 is 0 Å². The quantitative estimate of drug-likeness (QED) is 0.766. The molecule has 0 amide bonds. The minimum absolute atomic E-state index is 0.698. The van der Waals surface area contributed by atoms with E-state index in [0.717, 1.165) is 5.75 Å². The van der Waals surface area contributed by atoms with E-state index in [1.54, 1.807) is 7.11 Å². The van der Waals surface area contributed by atoms with Crippen molar-refractivity contribution in [3.8, 4) is 5.75 Å². The number of nitrogens with zero attached hydrogens (tertiary/aromatic N) is 1. The molecule has 2 nitrogen and oxygen atoms in total. The van der Waals surface area contributed by atoms with E-state index in [-0.39, 0.29) is 0 Å². The van der Waals surface area contributed by atoms with Crippen molar-refractivity contribution in [2.24, 2.45) is 0 Å². The third-order valence-electron chi connectivity index (χ3n) is 3.56. The fourth-order valence-corrected chi connectivity index (χ4v) is 3.23. The lowest BCUT2D eigenvalue weighted by atomic mass is 9.99. The van der Waals surface area contributed by atoms with Gasteiger partial charge in [-0.3, -0.25) is 0 Å². The maximum absolute atomic E-state index is 5.34. The summed E-state index contributed by atoms with van der Waals surface area (Å²) in [7, 11) is 1.74. The Hall–Kier alpha value is -0.450. The van der Waals surface area contributed by atoms with E-state index in [0.29, 0.717) is 6.04 Å². The molecule has 1 aromatic carbocycles. The van der Waals surface area contributed by atoms with Gasteiger partial charge in [0.05, 0.1) is 12.8 Å². The van der Waals surface area contributed by atoms with Crippen LogP contribution in [0.15, 0.2) is 18.2 Å². The Kier molecular flexibility index (Phi) is 4.54. The molecule has 17 heavy (non-hydrogen) atoms. The molecule has 0 radical (unpaired) electrons. The van der Waals surface area contributed by atoms with E-state index < -0.39 is 0 Å². The molecule has 1 atom stereocenters. The summed E-state index contributed by atoms with van der Waals surface area (Å²) < 4.78 is 6.66. The van der Waals surface area contributed by atoms with Gasteiger partial charge in [0.25, 0.3) is 0 Å². The molecule has 1 aliphatic heterocycles. The van der Waals surface area contributed by atoms with Crippen molar-refractivity contribution in [3.63, 3.8) is 0 Å². The Morgan fingerprint density at radius 1 is 1.41 bits per heavy atom. The first-order chi connectivity index (χ1) is 8.26. The highest BCUT2D eigenvalue weighted by molar-refractivity contribution is 14.1. The van der Waals surface area contributed by atoms with Crippen molar-refractivity contribution in [2.75, 3.05) is 18.6 Å². The zero-order valence-electron chi connectivity index (χ0n) is 10.6. The molecule has 1 aliphatic rings. The Morgan fingerprint density at radius 3 is 2.94 bits per heavy atom. The fourth-order valence-electron chi connectivity index (χ4n) is 2.58. The second-order valence-electron chi connectivity index (χ2n) is 4.57. The van der Waals surface area contributed by atoms with E-state index in [4.69, 9.17) is 4.74 Å². The molecule has 1 unspecified atom stereocenters. The Bertz CT molecular complexity index is 380. The molecule has 1 fully saturated rings. The first-order valence-corrected chi connectivity index (χ1v) is 7.44. The number of halogens is 1. The average Bonchev–Trinajstić information content (AvgIpc) is 2.39. The van der Waals surface area contributed by atoms with E-state index in [1.807, 2.05) is 6.07 Å². The van der Waals surface area contributed by atoms with Crippen molar-refractivity contribution in [2.45, 2.75) is 38.6 Å². The third kappa shape index (κ3) is 2.87. The van der Waals surface area contributed by atoms with Crippen LogP contribution in [-0.2, 0) is 0 Å². The molecule has 1 saturated heterocycles. The molecule has 0 aromatic heterocycles. The molecule has 3 heteroatoms. The summed E-state index contributed by atoms with van der Waals surface area (Å²) in [6.07, 6.45) is 5.23. The number of hydrogen-bond donors (Lipinski definition) is 0. The second kappa shape index (κ2) is 5.94. The third-order valence-corrected chi connectivity index (χ3v) is 4.47. The smallest absolute Gasteiger partial charge is 0.121 e. The van der Waals surface area contributed by atoms with Gasteiger partial charge in [0, 0.05) is 22.2 Å². The zero-order chi connectivity index (χ0) is 12.3. The highest BCUT2D eigenvalue weighted by atomic mass is 127. The number of anilines is 1.